The molecule has 25 heavy (non-hydrogen) atoms. The summed E-state index contributed by atoms with van der Waals surface area (Å²) in [6, 6.07) is 13.4. The topological polar surface area (TPSA) is 39.1 Å². The average molecular weight is 341 g/mol. The van der Waals surface area contributed by atoms with Crippen LogP contribution in [0.2, 0.25) is 0 Å². The highest BCUT2D eigenvalue weighted by atomic mass is 19.3. The molecule has 0 aliphatic carbocycles. The van der Waals surface area contributed by atoms with Crippen LogP contribution in [0.25, 0.3) is 11.0 Å². The Kier molecular flexibility index (Phi) is 3.12. The van der Waals surface area contributed by atoms with Crippen molar-refractivity contribution in [2.45, 2.75) is 38.1 Å². The van der Waals surface area contributed by atoms with Crippen LogP contribution in [-0.2, 0) is 0 Å². The normalized spacial score (nSPS) is 24.2. The van der Waals surface area contributed by atoms with Crippen molar-refractivity contribution in [1.29, 1.82) is 0 Å². The highest BCUT2D eigenvalue weighted by molar-refractivity contribution is 5.77. The minimum atomic E-state index is -2.84. The van der Waals surface area contributed by atoms with Gasteiger partial charge in [0.2, 0.25) is 0 Å². The zero-order valence-electron chi connectivity index (χ0n) is 13.6. The van der Waals surface area contributed by atoms with Crippen molar-refractivity contribution in [3.8, 4) is 5.75 Å². The molecule has 2 aliphatic heterocycles. The third kappa shape index (κ3) is 2.10. The molecular formula is C19H17F2N3O. The van der Waals surface area contributed by atoms with Gasteiger partial charge in [0.1, 0.15) is 11.6 Å². The van der Waals surface area contributed by atoms with Gasteiger partial charge >= 0.3 is 6.61 Å². The van der Waals surface area contributed by atoms with Crippen LogP contribution < -0.4 is 10.1 Å². The summed E-state index contributed by atoms with van der Waals surface area (Å²) in [5.41, 5.74) is 3.80. The fourth-order valence-electron chi connectivity index (χ4n) is 4.35. The van der Waals surface area contributed by atoms with E-state index >= 15 is 0 Å². The van der Waals surface area contributed by atoms with Crippen molar-refractivity contribution in [3.63, 3.8) is 0 Å². The van der Waals surface area contributed by atoms with Crippen LogP contribution >= 0.6 is 0 Å². The highest BCUT2D eigenvalue weighted by Crippen LogP contribution is 2.49. The highest BCUT2D eigenvalue weighted by Gasteiger charge is 2.41. The van der Waals surface area contributed by atoms with Crippen LogP contribution in [-0.4, -0.2) is 16.2 Å². The summed E-state index contributed by atoms with van der Waals surface area (Å²) in [5.74, 6) is 1.23. The molecule has 0 amide bonds. The summed E-state index contributed by atoms with van der Waals surface area (Å²) < 4.78 is 33.0. The quantitative estimate of drug-likeness (QED) is 0.754. The standard InChI is InChI=1S/C19H17F2N3O/c1-10-11-5-4-8-16(25-19(20)21)17(11)15-9-13(22-10)18-23-12-6-2-3-7-14(12)24(15)18/h2-8,10,13,15,19,22H,9H2,1H3/t10?,13-,15-/m1/s1. The fraction of sp³-hybridized carbons (Fsp3) is 0.316. The monoisotopic (exact) mass is 341 g/mol. The van der Waals surface area contributed by atoms with Gasteiger partial charge in [-0.15, -0.1) is 0 Å². The summed E-state index contributed by atoms with van der Waals surface area (Å²) in [6.07, 6.45) is 0.786. The van der Waals surface area contributed by atoms with E-state index in [0.717, 1.165) is 34.4 Å². The van der Waals surface area contributed by atoms with Gasteiger partial charge in [-0.3, -0.25) is 0 Å². The van der Waals surface area contributed by atoms with Gasteiger partial charge in [-0.25, -0.2) is 4.98 Å². The zero-order chi connectivity index (χ0) is 17.1. The second-order valence-electron chi connectivity index (χ2n) is 6.66. The second-order valence-corrected chi connectivity index (χ2v) is 6.66. The van der Waals surface area contributed by atoms with E-state index in [4.69, 9.17) is 9.72 Å². The molecule has 2 bridgehead atoms. The van der Waals surface area contributed by atoms with E-state index in [0.29, 0.717) is 0 Å². The number of para-hydroxylation sites is 2. The Labute approximate surface area is 143 Å². The van der Waals surface area contributed by atoms with Crippen molar-refractivity contribution in [3.05, 3.63) is 59.4 Å². The minimum absolute atomic E-state index is 0.0415. The lowest BCUT2D eigenvalue weighted by Gasteiger charge is -2.24. The molecule has 1 aromatic heterocycles. The number of nitrogens with zero attached hydrogens (tertiary/aromatic N) is 2. The van der Waals surface area contributed by atoms with E-state index in [1.807, 2.05) is 30.3 Å². The molecule has 3 aromatic rings. The Hall–Kier alpha value is -2.47. The first-order valence-corrected chi connectivity index (χ1v) is 8.44. The number of nitrogens with one attached hydrogen (secondary N) is 1. The maximum atomic E-state index is 13.0. The number of hydrogen-bond acceptors (Lipinski definition) is 3. The van der Waals surface area contributed by atoms with Crippen LogP contribution in [0.5, 0.6) is 5.75 Å². The molecular weight excluding hydrogens is 324 g/mol. The number of benzene rings is 2. The van der Waals surface area contributed by atoms with E-state index in [-0.39, 0.29) is 23.9 Å². The van der Waals surface area contributed by atoms with Crippen molar-refractivity contribution in [2.24, 2.45) is 0 Å². The van der Waals surface area contributed by atoms with Gasteiger partial charge < -0.3 is 14.6 Å². The van der Waals surface area contributed by atoms with Gasteiger partial charge in [0.15, 0.2) is 0 Å². The number of ether oxygens (including phenoxy) is 1. The summed E-state index contributed by atoms with van der Waals surface area (Å²) in [7, 11) is 0. The predicted molar refractivity (Wildman–Crippen MR) is 89.9 cm³/mol. The SMILES string of the molecule is CC1N[C@@H]2C[C@H](c3c(OC(F)F)cccc31)n1c2nc2ccccc21. The first-order valence-electron chi connectivity index (χ1n) is 8.44. The molecule has 0 spiro atoms. The van der Waals surface area contributed by atoms with Gasteiger partial charge in [-0.05, 0) is 37.1 Å². The number of aromatic nitrogens is 2. The Morgan fingerprint density at radius 1 is 1.20 bits per heavy atom. The molecule has 1 unspecified atom stereocenters. The lowest BCUT2D eigenvalue weighted by Crippen LogP contribution is -2.24. The van der Waals surface area contributed by atoms with E-state index in [2.05, 4.69) is 16.8 Å². The Bertz CT molecular complexity index is 968. The number of rotatable bonds is 2. The molecule has 128 valence electrons. The molecule has 0 saturated heterocycles. The Morgan fingerprint density at radius 3 is 2.88 bits per heavy atom. The van der Waals surface area contributed by atoms with E-state index in [9.17, 15) is 8.78 Å². The van der Waals surface area contributed by atoms with Crippen LogP contribution in [0.3, 0.4) is 0 Å². The third-order valence-corrected chi connectivity index (χ3v) is 5.27. The molecule has 0 radical (unpaired) electrons. The van der Waals surface area contributed by atoms with Crippen molar-refractivity contribution in [2.75, 3.05) is 0 Å². The summed E-state index contributed by atoms with van der Waals surface area (Å²) >= 11 is 0. The van der Waals surface area contributed by atoms with Crippen LogP contribution in [0.1, 0.15) is 48.4 Å². The molecule has 0 fully saturated rings. The van der Waals surface area contributed by atoms with Crippen molar-refractivity contribution < 1.29 is 13.5 Å². The molecule has 3 heterocycles. The van der Waals surface area contributed by atoms with Crippen molar-refractivity contribution in [1.82, 2.24) is 14.9 Å². The molecule has 3 atom stereocenters. The van der Waals surface area contributed by atoms with Crippen LogP contribution in [0, 0.1) is 0 Å². The number of imidazole rings is 1. The Balaban J connectivity index is 1.78. The largest absolute Gasteiger partial charge is 0.434 e. The Morgan fingerprint density at radius 2 is 2.04 bits per heavy atom. The molecule has 4 nitrogen and oxygen atoms in total. The van der Waals surface area contributed by atoms with Gasteiger partial charge in [-0.1, -0.05) is 24.3 Å². The second kappa shape index (κ2) is 5.26. The zero-order valence-corrected chi connectivity index (χ0v) is 13.6. The molecule has 0 saturated carbocycles. The predicted octanol–water partition coefficient (Wildman–Crippen LogP) is 4.34. The lowest BCUT2D eigenvalue weighted by molar-refractivity contribution is -0.0507. The molecule has 2 aliphatic rings. The number of alkyl halides is 2. The fourth-order valence-corrected chi connectivity index (χ4v) is 4.35. The number of hydrogen-bond donors (Lipinski definition) is 1. The van der Waals surface area contributed by atoms with E-state index in [1.54, 1.807) is 12.1 Å². The van der Waals surface area contributed by atoms with E-state index < -0.39 is 6.61 Å². The number of halogens is 2. The van der Waals surface area contributed by atoms with Crippen LogP contribution in [0.15, 0.2) is 42.5 Å². The summed E-state index contributed by atoms with van der Waals surface area (Å²) in [4.78, 5) is 4.79. The van der Waals surface area contributed by atoms with Crippen LogP contribution in [0.4, 0.5) is 8.78 Å². The molecule has 6 heteroatoms. The summed E-state index contributed by atoms with van der Waals surface area (Å²) in [5, 5.41) is 3.60. The molecule has 2 aromatic carbocycles. The smallest absolute Gasteiger partial charge is 0.387 e. The first kappa shape index (κ1) is 14.8. The first-order chi connectivity index (χ1) is 12.1. The lowest BCUT2D eigenvalue weighted by atomic mass is 9.95. The third-order valence-electron chi connectivity index (χ3n) is 5.27. The maximum absolute atomic E-state index is 13.0. The summed E-state index contributed by atoms with van der Waals surface area (Å²) in [6.45, 7) is -0.784. The van der Waals surface area contributed by atoms with Crippen molar-refractivity contribution >= 4 is 11.0 Å². The average Bonchev–Trinajstić information content (AvgIpc) is 3.07. The van der Waals surface area contributed by atoms with Gasteiger partial charge in [0.25, 0.3) is 0 Å². The van der Waals surface area contributed by atoms with Gasteiger partial charge in [0, 0.05) is 11.6 Å². The van der Waals surface area contributed by atoms with Gasteiger partial charge in [0.05, 0.1) is 23.1 Å². The minimum Gasteiger partial charge on any atom is -0.434 e. The molecule has 1 N–H and O–H groups in total. The van der Waals surface area contributed by atoms with E-state index in [1.165, 1.54) is 0 Å². The molecule has 5 rings (SSSR count). The number of fused-ring (bicyclic) bond motifs is 9. The van der Waals surface area contributed by atoms with Gasteiger partial charge in [-0.2, -0.15) is 8.78 Å². The maximum Gasteiger partial charge on any atom is 0.387 e.